The van der Waals surface area contributed by atoms with Crippen molar-refractivity contribution in [2.75, 3.05) is 24.3 Å². The SMILES string of the molecule is COc1ccccc1CCNc1cc(C(=O)Nc2ccc(C#N)cc2)nc(C)n1. The van der Waals surface area contributed by atoms with Crippen molar-refractivity contribution in [3.63, 3.8) is 0 Å². The van der Waals surface area contributed by atoms with Gasteiger partial charge in [0.25, 0.3) is 5.91 Å². The van der Waals surface area contributed by atoms with E-state index in [1.807, 2.05) is 30.3 Å². The van der Waals surface area contributed by atoms with E-state index < -0.39 is 0 Å². The van der Waals surface area contributed by atoms with Gasteiger partial charge in [-0.25, -0.2) is 9.97 Å². The second kappa shape index (κ2) is 9.33. The first-order chi connectivity index (χ1) is 14.1. The molecule has 7 heteroatoms. The average Bonchev–Trinajstić information content (AvgIpc) is 2.74. The van der Waals surface area contributed by atoms with Gasteiger partial charge in [-0.1, -0.05) is 18.2 Å². The zero-order valence-corrected chi connectivity index (χ0v) is 16.3. The minimum absolute atomic E-state index is 0.265. The number of aryl methyl sites for hydroxylation is 1. The van der Waals surface area contributed by atoms with Gasteiger partial charge in [0.05, 0.1) is 18.7 Å². The summed E-state index contributed by atoms with van der Waals surface area (Å²) in [5, 5.41) is 14.9. The van der Waals surface area contributed by atoms with Gasteiger partial charge < -0.3 is 15.4 Å². The standard InChI is InChI=1S/C22H21N5O2/c1-15-25-19(22(28)27-18-9-7-16(14-23)8-10-18)13-21(26-15)24-12-11-17-5-3-4-6-20(17)29-2/h3-10,13H,11-12H2,1-2H3,(H,27,28)(H,24,25,26). The number of rotatable bonds is 7. The lowest BCUT2D eigenvalue weighted by atomic mass is 10.1. The van der Waals surface area contributed by atoms with E-state index >= 15 is 0 Å². The normalized spacial score (nSPS) is 10.1. The number of anilines is 2. The first kappa shape index (κ1) is 19.8. The molecule has 1 heterocycles. The summed E-state index contributed by atoms with van der Waals surface area (Å²) in [4.78, 5) is 21.1. The van der Waals surface area contributed by atoms with Crippen LogP contribution in [0.25, 0.3) is 0 Å². The monoisotopic (exact) mass is 387 g/mol. The Balaban J connectivity index is 1.65. The van der Waals surface area contributed by atoms with Gasteiger partial charge in [-0.15, -0.1) is 0 Å². The Morgan fingerprint density at radius 3 is 2.62 bits per heavy atom. The number of hydrogen-bond acceptors (Lipinski definition) is 6. The van der Waals surface area contributed by atoms with Crippen molar-refractivity contribution in [2.45, 2.75) is 13.3 Å². The first-order valence-electron chi connectivity index (χ1n) is 9.12. The Kier molecular flexibility index (Phi) is 6.38. The average molecular weight is 387 g/mol. The maximum Gasteiger partial charge on any atom is 0.274 e. The molecule has 0 atom stereocenters. The number of carbonyl (C=O) groups excluding carboxylic acids is 1. The van der Waals surface area contributed by atoms with Gasteiger partial charge in [0.15, 0.2) is 0 Å². The van der Waals surface area contributed by atoms with Crippen LogP contribution in [0.2, 0.25) is 0 Å². The highest BCUT2D eigenvalue weighted by molar-refractivity contribution is 6.03. The summed E-state index contributed by atoms with van der Waals surface area (Å²) < 4.78 is 5.36. The van der Waals surface area contributed by atoms with E-state index in [0.29, 0.717) is 29.4 Å². The van der Waals surface area contributed by atoms with Gasteiger partial charge in [0, 0.05) is 18.3 Å². The summed E-state index contributed by atoms with van der Waals surface area (Å²) in [5.41, 5.74) is 2.48. The van der Waals surface area contributed by atoms with E-state index in [4.69, 9.17) is 10.00 Å². The molecule has 1 amide bonds. The summed E-state index contributed by atoms with van der Waals surface area (Å²) in [7, 11) is 1.65. The molecular weight excluding hydrogens is 366 g/mol. The summed E-state index contributed by atoms with van der Waals surface area (Å²) in [5.74, 6) is 1.58. The van der Waals surface area contributed by atoms with Crippen LogP contribution in [-0.4, -0.2) is 29.5 Å². The molecule has 0 fully saturated rings. The van der Waals surface area contributed by atoms with Crippen LogP contribution in [0.15, 0.2) is 54.6 Å². The van der Waals surface area contributed by atoms with Crippen LogP contribution in [0, 0.1) is 18.3 Å². The number of nitrogens with zero attached hydrogens (tertiary/aromatic N) is 3. The summed E-state index contributed by atoms with van der Waals surface area (Å²) in [6.07, 6.45) is 0.750. The van der Waals surface area contributed by atoms with Crippen LogP contribution >= 0.6 is 0 Å². The molecule has 3 rings (SSSR count). The molecule has 0 radical (unpaired) electrons. The number of nitriles is 1. The van der Waals surface area contributed by atoms with Crippen LogP contribution in [0.5, 0.6) is 5.75 Å². The fourth-order valence-electron chi connectivity index (χ4n) is 2.83. The third-order valence-corrected chi connectivity index (χ3v) is 4.24. The summed E-state index contributed by atoms with van der Waals surface area (Å²) >= 11 is 0. The molecule has 0 aliphatic heterocycles. The zero-order valence-electron chi connectivity index (χ0n) is 16.3. The number of aromatic nitrogens is 2. The lowest BCUT2D eigenvalue weighted by molar-refractivity contribution is 0.102. The van der Waals surface area contributed by atoms with Gasteiger partial charge in [0.2, 0.25) is 0 Å². The molecule has 1 aromatic heterocycles. The topological polar surface area (TPSA) is 99.9 Å². The smallest absolute Gasteiger partial charge is 0.274 e. The molecule has 2 N–H and O–H groups in total. The molecule has 0 unspecified atom stereocenters. The number of carbonyl (C=O) groups is 1. The number of para-hydroxylation sites is 1. The number of methoxy groups -OCH3 is 1. The van der Waals surface area contributed by atoms with E-state index in [0.717, 1.165) is 17.7 Å². The fraction of sp³-hybridized carbons (Fsp3) is 0.182. The number of nitrogens with one attached hydrogen (secondary N) is 2. The highest BCUT2D eigenvalue weighted by Crippen LogP contribution is 2.18. The number of amides is 1. The first-order valence-corrected chi connectivity index (χ1v) is 9.12. The molecule has 29 heavy (non-hydrogen) atoms. The Labute approximate surface area is 169 Å². The molecule has 0 saturated heterocycles. The quantitative estimate of drug-likeness (QED) is 0.643. The predicted octanol–water partition coefficient (Wildman–Crippen LogP) is 3.57. The van der Waals surface area contributed by atoms with E-state index in [1.54, 1.807) is 44.4 Å². The Morgan fingerprint density at radius 1 is 1.14 bits per heavy atom. The van der Waals surface area contributed by atoms with Gasteiger partial charge in [-0.05, 0) is 49.2 Å². The molecule has 7 nitrogen and oxygen atoms in total. The summed E-state index contributed by atoms with van der Waals surface area (Å²) in [6.45, 7) is 2.37. The molecule has 146 valence electrons. The van der Waals surface area contributed by atoms with Crippen molar-refractivity contribution >= 4 is 17.4 Å². The highest BCUT2D eigenvalue weighted by Gasteiger charge is 2.11. The van der Waals surface area contributed by atoms with E-state index in [9.17, 15) is 4.79 Å². The van der Waals surface area contributed by atoms with Crippen LogP contribution in [0.3, 0.4) is 0 Å². The van der Waals surface area contributed by atoms with Crippen LogP contribution in [0.4, 0.5) is 11.5 Å². The van der Waals surface area contributed by atoms with Gasteiger partial charge >= 0.3 is 0 Å². The zero-order chi connectivity index (χ0) is 20.6. The Hall–Kier alpha value is -3.92. The maximum absolute atomic E-state index is 12.5. The van der Waals surface area contributed by atoms with E-state index in [2.05, 4.69) is 20.6 Å². The maximum atomic E-state index is 12.5. The summed E-state index contributed by atoms with van der Waals surface area (Å²) in [6, 6.07) is 18.2. The van der Waals surface area contributed by atoms with Crippen LogP contribution < -0.4 is 15.4 Å². The van der Waals surface area contributed by atoms with E-state index in [1.165, 1.54) is 0 Å². The van der Waals surface area contributed by atoms with E-state index in [-0.39, 0.29) is 11.6 Å². The number of ether oxygens (including phenoxy) is 1. The molecular formula is C22H21N5O2. The molecule has 0 aliphatic rings. The molecule has 2 aromatic carbocycles. The highest BCUT2D eigenvalue weighted by atomic mass is 16.5. The lowest BCUT2D eigenvalue weighted by Gasteiger charge is -2.11. The predicted molar refractivity (Wildman–Crippen MR) is 111 cm³/mol. The van der Waals surface area contributed by atoms with Crippen molar-refractivity contribution < 1.29 is 9.53 Å². The molecule has 3 aromatic rings. The second-order valence-electron chi connectivity index (χ2n) is 6.32. The largest absolute Gasteiger partial charge is 0.496 e. The van der Waals surface area contributed by atoms with Crippen molar-refractivity contribution in [1.82, 2.24) is 9.97 Å². The van der Waals surface area contributed by atoms with Crippen molar-refractivity contribution in [2.24, 2.45) is 0 Å². The van der Waals surface area contributed by atoms with Gasteiger partial charge in [0.1, 0.15) is 23.1 Å². The minimum atomic E-state index is -0.340. The molecule has 0 spiro atoms. The van der Waals surface area contributed by atoms with Crippen LogP contribution in [-0.2, 0) is 6.42 Å². The Bertz CT molecular complexity index is 1040. The molecule has 0 bridgehead atoms. The Morgan fingerprint density at radius 2 is 1.90 bits per heavy atom. The van der Waals surface area contributed by atoms with Crippen molar-refractivity contribution in [3.05, 3.63) is 77.2 Å². The van der Waals surface area contributed by atoms with Crippen LogP contribution in [0.1, 0.15) is 27.4 Å². The molecule has 0 saturated carbocycles. The fourth-order valence-corrected chi connectivity index (χ4v) is 2.83. The third kappa shape index (κ3) is 5.30. The lowest BCUT2D eigenvalue weighted by Crippen LogP contribution is -2.16. The second-order valence-corrected chi connectivity index (χ2v) is 6.32. The van der Waals surface area contributed by atoms with Crippen molar-refractivity contribution in [3.8, 4) is 11.8 Å². The van der Waals surface area contributed by atoms with Gasteiger partial charge in [-0.2, -0.15) is 5.26 Å². The minimum Gasteiger partial charge on any atom is -0.496 e. The number of benzene rings is 2. The number of hydrogen-bond donors (Lipinski definition) is 2. The third-order valence-electron chi connectivity index (χ3n) is 4.24. The van der Waals surface area contributed by atoms with Gasteiger partial charge in [-0.3, -0.25) is 4.79 Å². The van der Waals surface area contributed by atoms with Crippen molar-refractivity contribution in [1.29, 1.82) is 5.26 Å². The molecule has 0 aliphatic carbocycles.